The Morgan fingerprint density at radius 3 is 2.00 bits per heavy atom. The van der Waals surface area contributed by atoms with Gasteiger partial charge in [-0.15, -0.1) is 0 Å². The lowest BCUT2D eigenvalue weighted by Crippen LogP contribution is -2.32. The Hall–Kier alpha value is -1.20. The molecule has 0 aromatic heterocycles. The molecule has 0 saturated carbocycles. The lowest BCUT2D eigenvalue weighted by molar-refractivity contribution is 0.580. The summed E-state index contributed by atoms with van der Waals surface area (Å²) in [5, 5.41) is 4.82. The number of primary sulfonamides is 1. The highest BCUT2D eigenvalue weighted by Gasteiger charge is 2.20. The van der Waals surface area contributed by atoms with Crippen molar-refractivity contribution in [3.63, 3.8) is 0 Å². The smallest absolute Gasteiger partial charge is 0.241 e. The van der Waals surface area contributed by atoms with Crippen molar-refractivity contribution in [2.45, 2.75) is 18.7 Å². The molecule has 1 aromatic carbocycles. The van der Waals surface area contributed by atoms with E-state index in [1.165, 1.54) is 0 Å². The maximum absolute atomic E-state index is 12.2. The van der Waals surface area contributed by atoms with Crippen LogP contribution >= 0.6 is 0 Å². The fourth-order valence-electron chi connectivity index (χ4n) is 1.85. The maximum atomic E-state index is 12.2. The van der Waals surface area contributed by atoms with Gasteiger partial charge >= 0.3 is 0 Å². The molecule has 0 saturated heterocycles. The van der Waals surface area contributed by atoms with Gasteiger partial charge in [0, 0.05) is 12.2 Å². The van der Waals surface area contributed by atoms with Crippen molar-refractivity contribution in [1.82, 2.24) is 4.72 Å². The number of nitrogen functional groups attached to an aromatic ring is 1. The second-order valence-electron chi connectivity index (χ2n) is 4.35. The molecule has 0 fully saturated rings. The zero-order valence-electron chi connectivity index (χ0n) is 11.2. The predicted octanol–water partition coefficient (Wildman–Crippen LogP) is -0.844. The predicted molar refractivity (Wildman–Crippen MR) is 76.9 cm³/mol. The molecular formula is C10H18N4O4S2. The van der Waals surface area contributed by atoms with Crippen LogP contribution in [0.25, 0.3) is 0 Å². The fraction of sp³-hybridized carbons (Fsp3) is 0.400. The van der Waals surface area contributed by atoms with Crippen LogP contribution in [0.3, 0.4) is 0 Å². The minimum atomic E-state index is -3.81. The number of nitrogens with two attached hydrogens (primary N) is 2. The van der Waals surface area contributed by atoms with Gasteiger partial charge in [0.05, 0.1) is 10.6 Å². The van der Waals surface area contributed by atoms with Crippen molar-refractivity contribution < 1.29 is 16.8 Å². The quantitative estimate of drug-likeness (QED) is 0.397. The molecule has 10 heteroatoms. The number of hydrazine groups is 1. The maximum Gasteiger partial charge on any atom is 0.241 e. The molecular weight excluding hydrogens is 304 g/mol. The van der Waals surface area contributed by atoms with Gasteiger partial charge in [-0.1, -0.05) is 0 Å². The number of nitrogens with one attached hydrogen (secondary N) is 2. The highest BCUT2D eigenvalue weighted by Crippen LogP contribution is 2.23. The summed E-state index contributed by atoms with van der Waals surface area (Å²) in [6, 6.07) is 3.17. The van der Waals surface area contributed by atoms with Crippen molar-refractivity contribution in [2.75, 3.05) is 17.7 Å². The zero-order valence-corrected chi connectivity index (χ0v) is 12.8. The van der Waals surface area contributed by atoms with Crippen LogP contribution in [0.5, 0.6) is 0 Å². The van der Waals surface area contributed by atoms with Gasteiger partial charge < -0.3 is 5.43 Å². The van der Waals surface area contributed by atoms with Gasteiger partial charge in [0.2, 0.25) is 20.0 Å². The van der Waals surface area contributed by atoms with Crippen LogP contribution in [-0.2, 0) is 20.0 Å². The van der Waals surface area contributed by atoms with E-state index in [9.17, 15) is 16.8 Å². The van der Waals surface area contributed by atoms with E-state index in [4.69, 9.17) is 11.0 Å². The first-order valence-corrected chi connectivity index (χ1v) is 8.84. The van der Waals surface area contributed by atoms with Gasteiger partial charge in [-0.3, -0.25) is 5.84 Å². The Balaban J connectivity index is 3.04. The molecule has 8 nitrogen and oxygen atoms in total. The average Bonchev–Trinajstić information content (AvgIpc) is 2.25. The number of rotatable bonds is 6. The number of hydrogen-bond donors (Lipinski definition) is 4. The van der Waals surface area contributed by atoms with Crippen LogP contribution in [0.15, 0.2) is 17.0 Å². The van der Waals surface area contributed by atoms with E-state index < -0.39 is 25.8 Å². The van der Waals surface area contributed by atoms with Crippen LogP contribution < -0.4 is 21.1 Å². The van der Waals surface area contributed by atoms with Gasteiger partial charge in [0.1, 0.15) is 0 Å². The minimum Gasteiger partial charge on any atom is -0.324 e. The Labute approximate surface area is 118 Å². The molecule has 114 valence electrons. The summed E-state index contributed by atoms with van der Waals surface area (Å²) in [5.41, 5.74) is 4.03. The monoisotopic (exact) mass is 322 g/mol. The Bertz CT molecular complexity index is 675. The third-order valence-electron chi connectivity index (χ3n) is 2.57. The lowest BCUT2D eigenvalue weighted by Gasteiger charge is -2.13. The van der Waals surface area contributed by atoms with Crippen molar-refractivity contribution in [3.8, 4) is 0 Å². The van der Waals surface area contributed by atoms with E-state index in [1.54, 1.807) is 26.0 Å². The van der Waals surface area contributed by atoms with E-state index in [1.807, 2.05) is 0 Å². The van der Waals surface area contributed by atoms with Gasteiger partial charge in [0.25, 0.3) is 0 Å². The second kappa shape index (κ2) is 6.06. The summed E-state index contributed by atoms with van der Waals surface area (Å²) in [5.74, 6) is 4.81. The molecule has 6 N–H and O–H groups in total. The van der Waals surface area contributed by atoms with Crippen molar-refractivity contribution in [3.05, 3.63) is 23.3 Å². The molecule has 0 aliphatic rings. The second-order valence-corrected chi connectivity index (χ2v) is 7.79. The van der Waals surface area contributed by atoms with Crippen LogP contribution in [-0.4, -0.2) is 29.1 Å². The van der Waals surface area contributed by atoms with Gasteiger partial charge in [-0.2, -0.15) is 0 Å². The number of hydrogen-bond acceptors (Lipinski definition) is 6. The van der Waals surface area contributed by atoms with Crippen LogP contribution in [0.4, 0.5) is 5.69 Å². The standard InChI is InChI=1S/C10H18N4O4S2/c1-7-5-9(14-11)6-8(2)10(7)20(17,18)13-3-4-19(12,15)16/h5-6,13-14H,3-4,11H2,1-2H3,(H2,12,15,16). The van der Waals surface area contributed by atoms with Crippen LogP contribution in [0.1, 0.15) is 11.1 Å². The molecule has 0 spiro atoms. The number of anilines is 1. The van der Waals surface area contributed by atoms with Gasteiger partial charge in [-0.05, 0) is 37.1 Å². The van der Waals surface area contributed by atoms with Crippen molar-refractivity contribution in [2.24, 2.45) is 11.0 Å². The molecule has 0 bridgehead atoms. The van der Waals surface area contributed by atoms with E-state index in [0.29, 0.717) is 16.8 Å². The highest BCUT2D eigenvalue weighted by atomic mass is 32.2. The number of benzene rings is 1. The van der Waals surface area contributed by atoms with E-state index in [-0.39, 0.29) is 11.4 Å². The van der Waals surface area contributed by atoms with Crippen LogP contribution in [0.2, 0.25) is 0 Å². The lowest BCUT2D eigenvalue weighted by atomic mass is 10.1. The number of sulfonamides is 2. The molecule has 1 rings (SSSR count). The molecule has 0 atom stereocenters. The minimum absolute atomic E-state index is 0.103. The molecule has 1 aromatic rings. The summed E-state index contributed by atoms with van der Waals surface area (Å²) in [7, 11) is -7.52. The van der Waals surface area contributed by atoms with Crippen LogP contribution in [0, 0.1) is 13.8 Å². The van der Waals surface area contributed by atoms with E-state index in [0.717, 1.165) is 0 Å². The summed E-state index contributed by atoms with van der Waals surface area (Å²) >= 11 is 0. The molecule has 0 heterocycles. The molecule has 0 aliphatic heterocycles. The molecule has 20 heavy (non-hydrogen) atoms. The Kier molecular flexibility index (Phi) is 5.10. The number of aryl methyl sites for hydroxylation is 2. The molecule has 0 amide bonds. The van der Waals surface area contributed by atoms with Gasteiger partial charge in [0.15, 0.2) is 0 Å². The third kappa shape index (κ3) is 4.42. The van der Waals surface area contributed by atoms with E-state index in [2.05, 4.69) is 10.1 Å². The third-order valence-corrected chi connectivity index (χ3v) is 5.11. The fourth-order valence-corrected chi connectivity index (χ4v) is 3.84. The summed E-state index contributed by atoms with van der Waals surface area (Å²) < 4.78 is 48.1. The highest BCUT2D eigenvalue weighted by molar-refractivity contribution is 7.90. The first-order chi connectivity index (χ1) is 9.07. The summed E-state index contributed by atoms with van der Waals surface area (Å²) in [6.07, 6.45) is 0. The first kappa shape index (κ1) is 16.9. The topological polar surface area (TPSA) is 144 Å². The average molecular weight is 322 g/mol. The van der Waals surface area contributed by atoms with Gasteiger partial charge in [-0.25, -0.2) is 26.7 Å². The zero-order chi connectivity index (χ0) is 15.6. The molecule has 0 unspecified atom stereocenters. The molecule has 0 radical (unpaired) electrons. The Morgan fingerprint density at radius 2 is 1.60 bits per heavy atom. The largest absolute Gasteiger partial charge is 0.324 e. The van der Waals surface area contributed by atoms with Crippen molar-refractivity contribution in [1.29, 1.82) is 0 Å². The normalized spacial score (nSPS) is 12.4. The molecule has 0 aliphatic carbocycles. The van der Waals surface area contributed by atoms with E-state index >= 15 is 0 Å². The first-order valence-electron chi connectivity index (χ1n) is 5.65. The van der Waals surface area contributed by atoms with Crippen molar-refractivity contribution >= 4 is 25.7 Å². The SMILES string of the molecule is Cc1cc(NN)cc(C)c1S(=O)(=O)NCCS(N)(=O)=O. The summed E-state index contributed by atoms with van der Waals surface area (Å²) in [6.45, 7) is 2.97. The summed E-state index contributed by atoms with van der Waals surface area (Å²) in [4.78, 5) is 0.103. The Morgan fingerprint density at radius 1 is 1.10 bits per heavy atom.